The fourth-order valence-electron chi connectivity index (χ4n) is 5.49. The standard InChI is InChI=1S/C16H22BrN3OS/c1-2-13-19-20-14(22-13)18-12(21)8-15-4-10-3-11(5-15)7-16(17,6-10)9-15/h10-11H,2-9H2,1H3,(H,18,20,21)/t10-,11-,15?,16?/m1/s1. The maximum atomic E-state index is 12.5. The molecule has 120 valence electrons. The second kappa shape index (κ2) is 5.26. The molecule has 0 spiro atoms. The lowest BCUT2D eigenvalue weighted by Gasteiger charge is -2.60. The summed E-state index contributed by atoms with van der Waals surface area (Å²) in [7, 11) is 0. The molecular formula is C16H22BrN3OS. The van der Waals surface area contributed by atoms with Gasteiger partial charge in [0, 0.05) is 10.7 Å². The lowest BCUT2D eigenvalue weighted by Crippen LogP contribution is -2.53. The van der Waals surface area contributed by atoms with Crippen LogP contribution in [0.3, 0.4) is 0 Å². The first-order chi connectivity index (χ1) is 10.5. The minimum atomic E-state index is 0.122. The molecular weight excluding hydrogens is 362 g/mol. The Morgan fingerprint density at radius 1 is 1.32 bits per heavy atom. The van der Waals surface area contributed by atoms with Crippen LogP contribution in [-0.2, 0) is 11.2 Å². The van der Waals surface area contributed by atoms with E-state index in [1.165, 1.54) is 43.4 Å². The third kappa shape index (κ3) is 2.73. The summed E-state index contributed by atoms with van der Waals surface area (Å²) in [5, 5.41) is 12.7. The molecule has 0 aliphatic heterocycles. The lowest BCUT2D eigenvalue weighted by molar-refractivity contribution is -0.123. The molecule has 1 aromatic rings. The van der Waals surface area contributed by atoms with Gasteiger partial charge in [0.25, 0.3) is 0 Å². The van der Waals surface area contributed by atoms with Crippen LogP contribution in [0.25, 0.3) is 0 Å². The van der Waals surface area contributed by atoms with Crippen LogP contribution in [0.1, 0.15) is 56.9 Å². The minimum Gasteiger partial charge on any atom is -0.301 e. The molecule has 4 aliphatic rings. The highest BCUT2D eigenvalue weighted by molar-refractivity contribution is 9.10. The molecule has 1 amide bonds. The number of anilines is 1. The van der Waals surface area contributed by atoms with Crippen molar-refractivity contribution >= 4 is 38.3 Å². The highest BCUT2D eigenvalue weighted by Gasteiger charge is 2.57. The van der Waals surface area contributed by atoms with E-state index < -0.39 is 0 Å². The van der Waals surface area contributed by atoms with Crippen LogP contribution >= 0.6 is 27.3 Å². The molecule has 2 atom stereocenters. The second-order valence-corrected chi connectivity index (χ2v) is 10.4. The van der Waals surface area contributed by atoms with Crippen LogP contribution in [-0.4, -0.2) is 20.4 Å². The zero-order valence-electron chi connectivity index (χ0n) is 12.9. The second-order valence-electron chi connectivity index (χ2n) is 7.69. The zero-order chi connectivity index (χ0) is 15.4. The van der Waals surface area contributed by atoms with Crippen molar-refractivity contribution in [1.29, 1.82) is 0 Å². The van der Waals surface area contributed by atoms with Crippen molar-refractivity contribution in [2.24, 2.45) is 17.3 Å². The number of nitrogens with zero attached hydrogens (tertiary/aromatic N) is 2. The van der Waals surface area contributed by atoms with Gasteiger partial charge in [-0.15, -0.1) is 10.2 Å². The van der Waals surface area contributed by atoms with Gasteiger partial charge in [0.1, 0.15) is 5.01 Å². The topological polar surface area (TPSA) is 54.9 Å². The van der Waals surface area contributed by atoms with Crippen LogP contribution < -0.4 is 5.32 Å². The van der Waals surface area contributed by atoms with E-state index in [9.17, 15) is 4.79 Å². The molecule has 22 heavy (non-hydrogen) atoms. The third-order valence-electron chi connectivity index (χ3n) is 5.66. The molecule has 1 aromatic heterocycles. The van der Waals surface area contributed by atoms with Gasteiger partial charge in [0.05, 0.1) is 0 Å². The number of rotatable bonds is 4. The van der Waals surface area contributed by atoms with Crippen molar-refractivity contribution in [3.63, 3.8) is 0 Å². The number of aromatic nitrogens is 2. The van der Waals surface area contributed by atoms with Crippen molar-refractivity contribution in [2.45, 2.75) is 62.6 Å². The summed E-state index contributed by atoms with van der Waals surface area (Å²) >= 11 is 5.50. The van der Waals surface area contributed by atoms with Gasteiger partial charge in [-0.25, -0.2) is 0 Å². The Hall–Kier alpha value is -0.490. The highest BCUT2D eigenvalue weighted by Crippen LogP contribution is 2.65. The number of carbonyl (C=O) groups is 1. The van der Waals surface area contributed by atoms with E-state index in [-0.39, 0.29) is 11.3 Å². The highest BCUT2D eigenvalue weighted by atomic mass is 79.9. The molecule has 0 saturated heterocycles. The Morgan fingerprint density at radius 3 is 2.64 bits per heavy atom. The fraction of sp³-hybridized carbons (Fsp3) is 0.812. The molecule has 4 aliphatic carbocycles. The molecule has 0 unspecified atom stereocenters. The van der Waals surface area contributed by atoms with Gasteiger partial charge in [-0.1, -0.05) is 34.2 Å². The quantitative estimate of drug-likeness (QED) is 0.793. The van der Waals surface area contributed by atoms with E-state index >= 15 is 0 Å². The number of hydrogen-bond acceptors (Lipinski definition) is 4. The first kappa shape index (κ1) is 15.1. The molecule has 1 N–H and O–H groups in total. The average molecular weight is 384 g/mol. The number of aryl methyl sites for hydroxylation is 1. The Balaban J connectivity index is 1.45. The fourth-order valence-corrected chi connectivity index (χ4v) is 7.70. The van der Waals surface area contributed by atoms with Crippen molar-refractivity contribution in [3.05, 3.63) is 5.01 Å². The normalized spacial score (nSPS) is 39.2. The first-order valence-electron chi connectivity index (χ1n) is 8.29. The first-order valence-corrected chi connectivity index (χ1v) is 9.90. The maximum Gasteiger partial charge on any atom is 0.226 e. The number of hydrogen-bond donors (Lipinski definition) is 1. The van der Waals surface area contributed by atoms with Gasteiger partial charge in [-0.2, -0.15) is 0 Å². The van der Waals surface area contributed by atoms with Crippen molar-refractivity contribution in [3.8, 4) is 0 Å². The average Bonchev–Trinajstić information content (AvgIpc) is 2.82. The van der Waals surface area contributed by atoms with Crippen LogP contribution in [0.15, 0.2) is 0 Å². The molecule has 4 fully saturated rings. The summed E-state index contributed by atoms with van der Waals surface area (Å²) in [6, 6.07) is 0. The van der Waals surface area contributed by atoms with Gasteiger partial charge in [0.15, 0.2) is 0 Å². The Morgan fingerprint density at radius 2 is 2.05 bits per heavy atom. The smallest absolute Gasteiger partial charge is 0.226 e. The van der Waals surface area contributed by atoms with E-state index in [4.69, 9.17) is 0 Å². The summed E-state index contributed by atoms with van der Waals surface area (Å²) < 4.78 is 0.315. The van der Waals surface area contributed by atoms with Gasteiger partial charge < -0.3 is 5.32 Å². The van der Waals surface area contributed by atoms with Gasteiger partial charge >= 0.3 is 0 Å². The van der Waals surface area contributed by atoms with Crippen LogP contribution in [0.2, 0.25) is 0 Å². The van der Waals surface area contributed by atoms with Gasteiger partial charge in [0.2, 0.25) is 11.0 Å². The van der Waals surface area contributed by atoms with Crippen molar-refractivity contribution in [2.75, 3.05) is 5.32 Å². The van der Waals surface area contributed by atoms with E-state index in [2.05, 4.69) is 38.4 Å². The summed E-state index contributed by atoms with van der Waals surface area (Å²) in [4.78, 5) is 12.5. The van der Waals surface area contributed by atoms with E-state index in [1.54, 1.807) is 0 Å². The monoisotopic (exact) mass is 383 g/mol. The summed E-state index contributed by atoms with van der Waals surface area (Å²) in [5.41, 5.74) is 0.218. The Labute approximate surface area is 143 Å². The lowest BCUT2D eigenvalue weighted by atomic mass is 9.48. The molecule has 4 saturated carbocycles. The van der Waals surface area contributed by atoms with E-state index in [0.29, 0.717) is 15.9 Å². The SMILES string of the molecule is CCc1nnc(NC(=O)CC23C[C@H]4C[C@@H](CC(Br)(C4)C2)C3)s1. The van der Waals surface area contributed by atoms with Crippen molar-refractivity contribution < 1.29 is 4.79 Å². The molecule has 5 rings (SSSR count). The number of amides is 1. The van der Waals surface area contributed by atoms with Crippen molar-refractivity contribution in [1.82, 2.24) is 10.2 Å². The summed E-state index contributed by atoms with van der Waals surface area (Å²) in [6.07, 6.45) is 9.15. The number of nitrogens with one attached hydrogen (secondary N) is 1. The third-order valence-corrected chi connectivity index (χ3v) is 7.57. The molecule has 0 aromatic carbocycles. The minimum absolute atomic E-state index is 0.122. The van der Waals surface area contributed by atoms with E-state index in [1.807, 2.05) is 0 Å². The van der Waals surface area contributed by atoms with Crippen LogP contribution in [0.4, 0.5) is 5.13 Å². The summed E-state index contributed by atoms with van der Waals surface area (Å²) in [5.74, 6) is 1.76. The predicted octanol–water partition coefficient (Wildman–Crippen LogP) is 4.16. The van der Waals surface area contributed by atoms with Gasteiger partial charge in [-0.3, -0.25) is 4.79 Å². The zero-order valence-corrected chi connectivity index (χ0v) is 15.3. The predicted molar refractivity (Wildman–Crippen MR) is 91.3 cm³/mol. The molecule has 4 bridgehead atoms. The largest absolute Gasteiger partial charge is 0.301 e. The van der Waals surface area contributed by atoms with E-state index in [0.717, 1.165) is 29.7 Å². The summed E-state index contributed by atoms with van der Waals surface area (Å²) in [6.45, 7) is 2.05. The Kier molecular flexibility index (Phi) is 3.60. The molecule has 1 heterocycles. The number of carbonyl (C=O) groups excluding carboxylic acids is 1. The molecule has 4 nitrogen and oxygen atoms in total. The molecule has 0 radical (unpaired) electrons. The molecule has 6 heteroatoms. The number of halogens is 1. The van der Waals surface area contributed by atoms with Crippen LogP contribution in [0.5, 0.6) is 0 Å². The van der Waals surface area contributed by atoms with Crippen LogP contribution in [0, 0.1) is 17.3 Å². The maximum absolute atomic E-state index is 12.5. The Bertz CT molecular complexity index is 588. The number of alkyl halides is 1. The van der Waals surface area contributed by atoms with Gasteiger partial charge in [-0.05, 0) is 62.2 Å².